The first-order chi connectivity index (χ1) is 20.0. The first-order valence-electron chi connectivity index (χ1n) is 14.0. The number of hydrogen-bond donors (Lipinski definition) is 0. The highest BCUT2D eigenvalue weighted by Gasteiger charge is 2.07. The zero-order valence-electron chi connectivity index (χ0n) is 23.8. The molecule has 0 fully saturated rings. The summed E-state index contributed by atoms with van der Waals surface area (Å²) in [6.45, 7) is 7.19. The lowest BCUT2D eigenvalue weighted by atomic mass is 10.1. The molecule has 0 aliphatic heterocycles. The molecule has 10 heteroatoms. The van der Waals surface area contributed by atoms with E-state index in [0.29, 0.717) is 46.9 Å². The van der Waals surface area contributed by atoms with Crippen LogP contribution >= 0.6 is 24.0 Å². The van der Waals surface area contributed by atoms with Crippen LogP contribution in [0.4, 0.5) is 11.4 Å². The molecule has 0 aliphatic rings. The summed E-state index contributed by atoms with van der Waals surface area (Å²) in [5, 5.41) is 8.50. The Labute approximate surface area is 252 Å². The first-order valence-corrected chi connectivity index (χ1v) is 15.4. The highest BCUT2D eigenvalue weighted by Crippen LogP contribution is 2.22. The van der Waals surface area contributed by atoms with Gasteiger partial charge in [0.1, 0.15) is 12.4 Å². The molecular weight excluding hydrogens is 560 g/mol. The highest BCUT2D eigenvalue weighted by atomic mass is 32.2. The van der Waals surface area contributed by atoms with Gasteiger partial charge in [0.05, 0.1) is 36.8 Å². The molecule has 222 valence electrons. The van der Waals surface area contributed by atoms with Crippen molar-refractivity contribution < 1.29 is 28.5 Å². The molecule has 0 atom stereocenters. The van der Waals surface area contributed by atoms with Crippen molar-refractivity contribution in [3.8, 4) is 5.75 Å². The highest BCUT2D eigenvalue weighted by molar-refractivity contribution is 8.22. The largest absolute Gasteiger partial charge is 0.494 e. The number of unbranched alkanes of at least 4 members (excludes halogenated alkanes) is 7. The van der Waals surface area contributed by atoms with Crippen LogP contribution < -0.4 is 4.74 Å². The number of thiocarbonyl (C=S) groups is 1. The minimum Gasteiger partial charge on any atom is -0.494 e. The first kappa shape index (κ1) is 34.0. The van der Waals surface area contributed by atoms with Crippen molar-refractivity contribution in [2.45, 2.75) is 58.3 Å². The standard InChI is InChI=1S/C31H40N2O6S2/c1-3-29(34)38-22-12-10-8-6-5-7-9-11-21-37-28-19-17-27(18-20-28)33-32-26-15-13-25(14-16-26)30(35)39-23-24-41-31(40)36-4-2/h3,13-20H,1,4-12,21-24H2,2H3. The Balaban J connectivity index is 1.56. The SMILES string of the molecule is C=CC(=O)OCCCCCCCCCCOc1ccc(N=Nc2ccc(C(=O)OCCSC(=S)OCC)cc2)cc1. The minimum atomic E-state index is -0.399. The smallest absolute Gasteiger partial charge is 0.338 e. The topological polar surface area (TPSA) is 95.8 Å². The Hall–Kier alpha value is -3.24. The summed E-state index contributed by atoms with van der Waals surface area (Å²) in [4.78, 5) is 23.1. The number of carbonyl (C=O) groups is 2. The van der Waals surface area contributed by atoms with Gasteiger partial charge in [0.15, 0.2) is 0 Å². The summed E-state index contributed by atoms with van der Waals surface area (Å²) in [6, 6.07) is 14.3. The zero-order chi connectivity index (χ0) is 29.5. The van der Waals surface area contributed by atoms with Gasteiger partial charge in [-0.3, -0.25) is 0 Å². The number of nitrogens with zero attached hydrogens (tertiary/aromatic N) is 2. The average Bonchev–Trinajstić information content (AvgIpc) is 2.99. The van der Waals surface area contributed by atoms with Crippen LogP contribution in [0.15, 0.2) is 71.4 Å². The maximum absolute atomic E-state index is 12.2. The summed E-state index contributed by atoms with van der Waals surface area (Å²) < 4.78 is 21.7. The van der Waals surface area contributed by atoms with Crippen LogP contribution in [0, 0.1) is 0 Å². The fourth-order valence-corrected chi connectivity index (χ4v) is 4.48. The van der Waals surface area contributed by atoms with Crippen molar-refractivity contribution in [3.63, 3.8) is 0 Å². The van der Waals surface area contributed by atoms with Gasteiger partial charge in [-0.15, -0.1) is 0 Å². The lowest BCUT2D eigenvalue weighted by molar-refractivity contribution is -0.137. The van der Waals surface area contributed by atoms with E-state index in [4.69, 9.17) is 31.2 Å². The molecule has 41 heavy (non-hydrogen) atoms. The molecular formula is C31H40N2O6S2. The number of rotatable bonds is 20. The maximum atomic E-state index is 12.2. The fourth-order valence-electron chi connectivity index (χ4n) is 3.58. The number of azo groups is 1. The van der Waals surface area contributed by atoms with Gasteiger partial charge in [0, 0.05) is 11.8 Å². The van der Waals surface area contributed by atoms with Crippen LogP contribution in [0.3, 0.4) is 0 Å². The van der Waals surface area contributed by atoms with Gasteiger partial charge in [-0.05, 0) is 80.5 Å². The van der Waals surface area contributed by atoms with Crippen molar-refractivity contribution >= 4 is 51.7 Å². The van der Waals surface area contributed by atoms with Crippen LogP contribution in [-0.4, -0.2) is 48.5 Å². The second-order valence-electron chi connectivity index (χ2n) is 8.96. The fraction of sp³-hybridized carbons (Fsp3) is 0.452. The van der Waals surface area contributed by atoms with E-state index in [0.717, 1.165) is 37.9 Å². The van der Waals surface area contributed by atoms with Gasteiger partial charge in [0.25, 0.3) is 0 Å². The van der Waals surface area contributed by atoms with E-state index in [1.165, 1.54) is 37.1 Å². The maximum Gasteiger partial charge on any atom is 0.338 e. The number of hydrogen-bond acceptors (Lipinski definition) is 10. The molecule has 2 aromatic carbocycles. The molecule has 0 aromatic heterocycles. The Kier molecular flexibility index (Phi) is 17.8. The molecule has 8 nitrogen and oxygen atoms in total. The molecule has 0 radical (unpaired) electrons. The van der Waals surface area contributed by atoms with Crippen molar-refractivity contribution in [1.29, 1.82) is 0 Å². The van der Waals surface area contributed by atoms with E-state index in [2.05, 4.69) is 16.8 Å². The summed E-state index contributed by atoms with van der Waals surface area (Å²) in [5.41, 5.74) is 1.79. The van der Waals surface area contributed by atoms with Gasteiger partial charge in [-0.1, -0.05) is 56.9 Å². The average molecular weight is 601 g/mol. The number of thioether (sulfide) groups is 1. The van der Waals surface area contributed by atoms with E-state index < -0.39 is 5.97 Å². The quantitative estimate of drug-likeness (QED) is 0.0490. The van der Waals surface area contributed by atoms with Gasteiger partial charge in [0.2, 0.25) is 4.38 Å². The van der Waals surface area contributed by atoms with Crippen molar-refractivity contribution in [3.05, 3.63) is 66.7 Å². The molecule has 0 aliphatic carbocycles. The van der Waals surface area contributed by atoms with Gasteiger partial charge in [-0.25, -0.2) is 9.59 Å². The van der Waals surface area contributed by atoms with E-state index >= 15 is 0 Å². The second-order valence-corrected chi connectivity index (χ2v) is 10.7. The third kappa shape index (κ3) is 16.0. The molecule has 0 saturated carbocycles. The van der Waals surface area contributed by atoms with Crippen LogP contribution in [0.5, 0.6) is 5.75 Å². The summed E-state index contributed by atoms with van der Waals surface area (Å²) in [5.74, 6) is 0.606. The molecule has 0 saturated heterocycles. The number of esters is 2. The van der Waals surface area contributed by atoms with Gasteiger partial charge < -0.3 is 18.9 Å². The van der Waals surface area contributed by atoms with Gasteiger partial charge in [-0.2, -0.15) is 10.2 Å². The Morgan fingerprint density at radius 2 is 1.34 bits per heavy atom. The molecule has 0 amide bonds. The summed E-state index contributed by atoms with van der Waals surface area (Å²) in [7, 11) is 0. The summed E-state index contributed by atoms with van der Waals surface area (Å²) >= 11 is 6.37. The van der Waals surface area contributed by atoms with Gasteiger partial charge >= 0.3 is 11.9 Å². The van der Waals surface area contributed by atoms with Crippen LogP contribution in [-0.2, 0) is 19.0 Å². The van der Waals surface area contributed by atoms with Crippen LogP contribution in [0.1, 0.15) is 68.6 Å². The predicted octanol–water partition coefficient (Wildman–Crippen LogP) is 8.54. The normalized spacial score (nSPS) is 10.8. The third-order valence-corrected chi connectivity index (χ3v) is 6.93. The Bertz CT molecular complexity index is 1090. The molecule has 0 heterocycles. The summed E-state index contributed by atoms with van der Waals surface area (Å²) in [6.07, 6.45) is 10.1. The lowest BCUT2D eigenvalue weighted by Gasteiger charge is -2.06. The van der Waals surface area contributed by atoms with E-state index in [1.807, 2.05) is 31.2 Å². The van der Waals surface area contributed by atoms with E-state index in [-0.39, 0.29) is 12.6 Å². The van der Waals surface area contributed by atoms with Crippen molar-refractivity contribution in [2.75, 3.05) is 32.2 Å². The second kappa shape index (κ2) is 21.5. The zero-order valence-corrected chi connectivity index (χ0v) is 25.4. The van der Waals surface area contributed by atoms with Crippen LogP contribution in [0.2, 0.25) is 0 Å². The number of carbonyl (C=O) groups excluding carboxylic acids is 2. The molecule has 0 bridgehead atoms. The predicted molar refractivity (Wildman–Crippen MR) is 168 cm³/mol. The molecule has 2 aromatic rings. The number of ether oxygens (including phenoxy) is 4. The molecule has 0 unspecified atom stereocenters. The number of benzene rings is 2. The Morgan fingerprint density at radius 1 is 0.780 bits per heavy atom. The monoisotopic (exact) mass is 600 g/mol. The Morgan fingerprint density at radius 3 is 1.93 bits per heavy atom. The molecule has 0 spiro atoms. The van der Waals surface area contributed by atoms with Crippen molar-refractivity contribution in [1.82, 2.24) is 0 Å². The molecule has 2 rings (SSSR count). The van der Waals surface area contributed by atoms with Crippen molar-refractivity contribution in [2.24, 2.45) is 10.2 Å². The minimum absolute atomic E-state index is 0.248. The molecule has 0 N–H and O–H groups in total. The van der Waals surface area contributed by atoms with E-state index in [9.17, 15) is 9.59 Å². The van der Waals surface area contributed by atoms with E-state index in [1.54, 1.807) is 24.3 Å². The van der Waals surface area contributed by atoms with Crippen LogP contribution in [0.25, 0.3) is 0 Å². The lowest BCUT2D eigenvalue weighted by Crippen LogP contribution is -2.09. The third-order valence-electron chi connectivity index (χ3n) is 5.74.